The maximum Gasteiger partial charge on any atom is 0.254 e. The fourth-order valence-corrected chi connectivity index (χ4v) is 3.12. The number of nitrogen functional groups attached to an aromatic ring is 1. The molecule has 0 bridgehead atoms. The van der Waals surface area contributed by atoms with Gasteiger partial charge in [-0.15, -0.1) is 19.0 Å². The molecule has 122 valence electrons. The molecule has 0 heterocycles. The quantitative estimate of drug-likeness (QED) is 0.652. The monoisotopic (exact) mass is 322 g/mol. The van der Waals surface area contributed by atoms with Gasteiger partial charge in [0.2, 0.25) is 0 Å². The van der Waals surface area contributed by atoms with Crippen molar-refractivity contribution < 1.29 is 4.79 Å². The smallest absolute Gasteiger partial charge is 0.254 e. The van der Waals surface area contributed by atoms with Crippen molar-refractivity contribution in [3.63, 3.8) is 0 Å². The van der Waals surface area contributed by atoms with Gasteiger partial charge in [0.15, 0.2) is 0 Å². The Bertz CT molecular complexity index is 510. The molecule has 1 aliphatic carbocycles. The van der Waals surface area contributed by atoms with E-state index >= 15 is 0 Å². The molecule has 1 aromatic rings. The summed E-state index contributed by atoms with van der Waals surface area (Å²) in [5.74, 6) is 0.703. The largest absolute Gasteiger partial charge is 0.399 e. The normalized spacial score (nSPS) is 15.0. The lowest BCUT2D eigenvalue weighted by molar-refractivity contribution is 0.0735. The van der Waals surface area contributed by atoms with Crippen LogP contribution in [0.1, 0.15) is 48.0 Å². The number of carbonyl (C=O) groups is 1. The second-order valence-corrected chi connectivity index (χ2v) is 6.08. The van der Waals surface area contributed by atoms with Gasteiger partial charge in [-0.3, -0.25) is 4.79 Å². The van der Waals surface area contributed by atoms with E-state index in [1.807, 2.05) is 30.0 Å². The molecule has 22 heavy (non-hydrogen) atoms. The molecule has 0 spiro atoms. The van der Waals surface area contributed by atoms with Crippen LogP contribution in [0, 0.1) is 12.8 Å². The van der Waals surface area contributed by atoms with Gasteiger partial charge in [-0.2, -0.15) is 0 Å². The van der Waals surface area contributed by atoms with Gasteiger partial charge in [0.25, 0.3) is 5.91 Å². The highest BCUT2D eigenvalue weighted by molar-refractivity contribution is 5.96. The summed E-state index contributed by atoms with van der Waals surface area (Å²) < 4.78 is 0. The van der Waals surface area contributed by atoms with E-state index in [0.29, 0.717) is 23.7 Å². The van der Waals surface area contributed by atoms with Gasteiger partial charge < -0.3 is 10.6 Å². The molecule has 1 fully saturated rings. The van der Waals surface area contributed by atoms with Crippen LogP contribution in [0.4, 0.5) is 5.69 Å². The maximum absolute atomic E-state index is 12.8. The zero-order valence-electron chi connectivity index (χ0n) is 13.4. The summed E-state index contributed by atoms with van der Waals surface area (Å²) in [7, 11) is 0. The maximum atomic E-state index is 12.8. The summed E-state index contributed by atoms with van der Waals surface area (Å²) in [5, 5.41) is 0. The number of nitrogens with two attached hydrogens (primary N) is 1. The molecule has 0 aliphatic heterocycles. The molecular formula is C18H27ClN2O. The molecule has 3 nitrogen and oxygen atoms in total. The predicted molar refractivity (Wildman–Crippen MR) is 95.5 cm³/mol. The van der Waals surface area contributed by atoms with Gasteiger partial charge in [0.1, 0.15) is 0 Å². The fourth-order valence-electron chi connectivity index (χ4n) is 3.12. The van der Waals surface area contributed by atoms with Gasteiger partial charge in [-0.05, 0) is 43.4 Å². The first kappa shape index (κ1) is 18.6. The van der Waals surface area contributed by atoms with Crippen LogP contribution in [0.2, 0.25) is 0 Å². The Balaban J connectivity index is 0.00000242. The van der Waals surface area contributed by atoms with Crippen LogP contribution in [0.15, 0.2) is 30.9 Å². The Morgan fingerprint density at radius 3 is 2.68 bits per heavy atom. The number of anilines is 1. The van der Waals surface area contributed by atoms with Crippen molar-refractivity contribution in [1.29, 1.82) is 0 Å². The number of carbonyl (C=O) groups excluding carboxylic acids is 1. The lowest BCUT2D eigenvalue weighted by Gasteiger charge is -2.29. The lowest BCUT2D eigenvalue weighted by atomic mass is 9.88. The van der Waals surface area contributed by atoms with E-state index in [4.69, 9.17) is 5.73 Å². The van der Waals surface area contributed by atoms with Crippen LogP contribution < -0.4 is 5.73 Å². The highest BCUT2D eigenvalue weighted by Crippen LogP contribution is 2.25. The molecule has 4 heteroatoms. The summed E-state index contributed by atoms with van der Waals surface area (Å²) in [4.78, 5) is 14.7. The first-order valence-electron chi connectivity index (χ1n) is 7.88. The van der Waals surface area contributed by atoms with Crippen LogP contribution in [-0.4, -0.2) is 23.9 Å². The van der Waals surface area contributed by atoms with E-state index in [1.165, 1.54) is 32.1 Å². The van der Waals surface area contributed by atoms with Gasteiger partial charge in [-0.25, -0.2) is 0 Å². The van der Waals surface area contributed by atoms with Crippen LogP contribution in [0.5, 0.6) is 0 Å². The number of halogens is 1. The molecule has 0 saturated heterocycles. The van der Waals surface area contributed by atoms with Gasteiger partial charge >= 0.3 is 0 Å². The highest BCUT2D eigenvalue weighted by Gasteiger charge is 2.22. The van der Waals surface area contributed by atoms with E-state index in [2.05, 4.69) is 6.58 Å². The molecule has 0 aromatic heterocycles. The minimum absolute atomic E-state index is 0. The molecule has 1 saturated carbocycles. The summed E-state index contributed by atoms with van der Waals surface area (Å²) in [5.41, 5.74) is 8.17. The van der Waals surface area contributed by atoms with Gasteiger partial charge in [-0.1, -0.05) is 31.4 Å². The Hall–Kier alpha value is -1.48. The third kappa shape index (κ3) is 4.77. The van der Waals surface area contributed by atoms with Gasteiger partial charge in [0, 0.05) is 24.3 Å². The van der Waals surface area contributed by atoms with Crippen molar-refractivity contribution in [1.82, 2.24) is 4.90 Å². The van der Waals surface area contributed by atoms with Crippen LogP contribution in [0.3, 0.4) is 0 Å². The molecular weight excluding hydrogens is 296 g/mol. The molecule has 0 atom stereocenters. The summed E-state index contributed by atoms with van der Waals surface area (Å²) >= 11 is 0. The third-order valence-electron chi connectivity index (χ3n) is 4.33. The average Bonchev–Trinajstić information content (AvgIpc) is 2.49. The Labute approximate surface area is 140 Å². The molecule has 2 rings (SSSR count). The van der Waals surface area contributed by atoms with Crippen molar-refractivity contribution in [2.45, 2.75) is 39.0 Å². The Kier molecular flexibility index (Phi) is 7.46. The van der Waals surface area contributed by atoms with Crippen LogP contribution in [-0.2, 0) is 0 Å². The Morgan fingerprint density at radius 2 is 2.05 bits per heavy atom. The van der Waals surface area contributed by atoms with E-state index < -0.39 is 0 Å². The zero-order chi connectivity index (χ0) is 15.2. The predicted octanol–water partition coefficient (Wildman–Crippen LogP) is 4.21. The molecule has 0 radical (unpaired) electrons. The highest BCUT2D eigenvalue weighted by atomic mass is 35.5. The topological polar surface area (TPSA) is 46.3 Å². The minimum Gasteiger partial charge on any atom is -0.399 e. The SMILES string of the molecule is C=CCN(CC1CCCCC1)C(=O)c1cc(N)ccc1C.Cl. The van der Waals surface area contributed by atoms with Crippen molar-refractivity contribution in [3.8, 4) is 0 Å². The second-order valence-electron chi connectivity index (χ2n) is 6.08. The second kappa shape index (κ2) is 8.84. The number of amides is 1. The molecule has 1 aromatic carbocycles. The minimum atomic E-state index is 0. The van der Waals surface area contributed by atoms with Crippen molar-refractivity contribution in [2.24, 2.45) is 5.92 Å². The van der Waals surface area contributed by atoms with E-state index in [9.17, 15) is 4.79 Å². The molecule has 2 N–H and O–H groups in total. The van der Waals surface area contributed by atoms with E-state index in [0.717, 1.165) is 12.1 Å². The number of aryl methyl sites for hydroxylation is 1. The van der Waals surface area contributed by atoms with Crippen molar-refractivity contribution >= 4 is 24.0 Å². The van der Waals surface area contributed by atoms with Crippen LogP contribution in [0.25, 0.3) is 0 Å². The number of hydrogen-bond acceptors (Lipinski definition) is 2. The first-order chi connectivity index (χ1) is 10.1. The molecule has 1 amide bonds. The van der Waals surface area contributed by atoms with Crippen molar-refractivity contribution in [2.75, 3.05) is 18.8 Å². The zero-order valence-corrected chi connectivity index (χ0v) is 14.2. The van der Waals surface area contributed by atoms with Crippen molar-refractivity contribution in [3.05, 3.63) is 42.0 Å². The summed E-state index contributed by atoms with van der Waals surface area (Å²) in [6, 6.07) is 5.54. The molecule has 0 unspecified atom stereocenters. The number of benzene rings is 1. The summed E-state index contributed by atoms with van der Waals surface area (Å²) in [6.07, 6.45) is 8.19. The number of nitrogens with zero attached hydrogens (tertiary/aromatic N) is 1. The standard InChI is InChI=1S/C18H26N2O.ClH/c1-3-11-20(13-15-7-5-4-6-8-15)18(21)17-12-16(19)10-9-14(17)2;/h3,9-10,12,15H,1,4-8,11,13,19H2,2H3;1H. The first-order valence-corrected chi connectivity index (χ1v) is 7.88. The van der Waals surface area contributed by atoms with E-state index in [1.54, 1.807) is 6.07 Å². The average molecular weight is 323 g/mol. The van der Waals surface area contributed by atoms with E-state index in [-0.39, 0.29) is 18.3 Å². The number of rotatable bonds is 5. The third-order valence-corrected chi connectivity index (χ3v) is 4.33. The summed E-state index contributed by atoms with van der Waals surface area (Å²) in [6.45, 7) is 7.18. The number of hydrogen-bond donors (Lipinski definition) is 1. The fraction of sp³-hybridized carbons (Fsp3) is 0.500. The lowest BCUT2D eigenvalue weighted by Crippen LogP contribution is -2.36. The van der Waals surface area contributed by atoms with Gasteiger partial charge in [0.05, 0.1) is 0 Å². The molecule has 1 aliphatic rings. The Morgan fingerprint density at radius 1 is 1.36 bits per heavy atom. The van der Waals surface area contributed by atoms with Crippen LogP contribution >= 0.6 is 12.4 Å².